The molecule has 0 radical (unpaired) electrons. The van der Waals surface area contributed by atoms with Gasteiger partial charge in [-0.25, -0.2) is 0 Å². The number of ether oxygens (including phenoxy) is 1. The van der Waals surface area contributed by atoms with Gasteiger partial charge in [-0.15, -0.1) is 0 Å². The number of rotatable bonds is 6. The second-order valence-electron chi connectivity index (χ2n) is 4.35. The number of anilines is 2. The van der Waals surface area contributed by atoms with Gasteiger partial charge in [-0.05, 0) is 38.1 Å². The molecule has 0 spiro atoms. The number of hydrogen-bond donors (Lipinski definition) is 1. The molecular formula is C15H21N3O. The van der Waals surface area contributed by atoms with Gasteiger partial charge in [0.1, 0.15) is 0 Å². The van der Waals surface area contributed by atoms with E-state index >= 15 is 0 Å². The van der Waals surface area contributed by atoms with E-state index in [0.29, 0.717) is 0 Å². The second-order valence-corrected chi connectivity index (χ2v) is 4.35. The first-order valence-corrected chi connectivity index (χ1v) is 6.73. The van der Waals surface area contributed by atoms with Crippen molar-refractivity contribution in [3.05, 3.63) is 30.5 Å². The fourth-order valence-corrected chi connectivity index (χ4v) is 2.21. The minimum atomic E-state index is 0.717. The van der Waals surface area contributed by atoms with Gasteiger partial charge in [0.15, 0.2) is 0 Å². The molecular weight excluding hydrogens is 238 g/mol. The molecule has 1 aromatic carbocycles. The number of nitrogens with two attached hydrogens (primary N) is 1. The molecule has 1 aromatic heterocycles. The molecule has 4 heteroatoms. The van der Waals surface area contributed by atoms with E-state index in [1.54, 1.807) is 6.20 Å². The molecule has 102 valence electrons. The first kappa shape index (κ1) is 13.6. The van der Waals surface area contributed by atoms with Crippen LogP contribution in [0.15, 0.2) is 30.5 Å². The maximum atomic E-state index is 6.28. The van der Waals surface area contributed by atoms with Crippen LogP contribution in [0.3, 0.4) is 0 Å². The normalized spacial score (nSPS) is 10.8. The Balaban J connectivity index is 2.29. The Hall–Kier alpha value is -1.81. The van der Waals surface area contributed by atoms with Gasteiger partial charge in [0, 0.05) is 31.3 Å². The number of nitrogen functional groups attached to an aromatic ring is 1. The summed E-state index contributed by atoms with van der Waals surface area (Å²) in [5.74, 6) is 0. The molecule has 2 N–H and O–H groups in total. The summed E-state index contributed by atoms with van der Waals surface area (Å²) < 4.78 is 5.42. The van der Waals surface area contributed by atoms with E-state index in [0.717, 1.165) is 48.6 Å². The van der Waals surface area contributed by atoms with Gasteiger partial charge in [0.25, 0.3) is 0 Å². The van der Waals surface area contributed by atoms with Gasteiger partial charge in [0.05, 0.1) is 23.5 Å². The molecule has 1 heterocycles. The van der Waals surface area contributed by atoms with E-state index in [2.05, 4.69) is 16.8 Å². The highest BCUT2D eigenvalue weighted by Gasteiger charge is 2.10. The van der Waals surface area contributed by atoms with Gasteiger partial charge in [-0.2, -0.15) is 0 Å². The monoisotopic (exact) mass is 259 g/mol. The predicted molar refractivity (Wildman–Crippen MR) is 80.5 cm³/mol. The molecule has 0 saturated heterocycles. The SMILES string of the molecule is CCOCCN(CC)c1ccc2ncccc2c1N. The molecule has 0 amide bonds. The van der Waals surface area contributed by atoms with E-state index in [9.17, 15) is 0 Å². The molecule has 0 fully saturated rings. The average Bonchev–Trinajstić information content (AvgIpc) is 2.45. The van der Waals surface area contributed by atoms with E-state index in [4.69, 9.17) is 10.5 Å². The number of nitrogens with zero attached hydrogens (tertiary/aromatic N) is 2. The number of benzene rings is 1. The van der Waals surface area contributed by atoms with Crippen molar-refractivity contribution in [2.45, 2.75) is 13.8 Å². The summed E-state index contributed by atoms with van der Waals surface area (Å²) in [6.45, 7) is 7.35. The lowest BCUT2D eigenvalue weighted by Gasteiger charge is -2.25. The molecule has 19 heavy (non-hydrogen) atoms. The number of fused-ring (bicyclic) bond motifs is 1. The number of hydrogen-bond acceptors (Lipinski definition) is 4. The Morgan fingerprint density at radius 2 is 2.11 bits per heavy atom. The van der Waals surface area contributed by atoms with Crippen LogP contribution in [0.25, 0.3) is 10.9 Å². The van der Waals surface area contributed by atoms with Gasteiger partial charge in [-0.3, -0.25) is 4.98 Å². The largest absolute Gasteiger partial charge is 0.396 e. The Labute approximate surface area is 114 Å². The van der Waals surface area contributed by atoms with Crippen LogP contribution in [0.2, 0.25) is 0 Å². The van der Waals surface area contributed by atoms with Crippen molar-refractivity contribution >= 4 is 22.3 Å². The van der Waals surface area contributed by atoms with Crippen molar-refractivity contribution in [3.63, 3.8) is 0 Å². The summed E-state index contributed by atoms with van der Waals surface area (Å²) in [7, 11) is 0. The number of likely N-dealkylation sites (N-methyl/N-ethyl adjacent to an activating group) is 1. The zero-order valence-electron chi connectivity index (χ0n) is 11.6. The van der Waals surface area contributed by atoms with Gasteiger partial charge >= 0.3 is 0 Å². The molecule has 2 rings (SSSR count). The molecule has 0 unspecified atom stereocenters. The molecule has 0 atom stereocenters. The van der Waals surface area contributed by atoms with Crippen molar-refractivity contribution in [1.82, 2.24) is 4.98 Å². The summed E-state index contributed by atoms with van der Waals surface area (Å²) in [5.41, 5.74) is 9.07. The van der Waals surface area contributed by atoms with Crippen LogP contribution in [0.5, 0.6) is 0 Å². The van der Waals surface area contributed by atoms with Crippen molar-refractivity contribution in [2.24, 2.45) is 0 Å². The molecule has 0 bridgehead atoms. The number of pyridine rings is 1. The third-order valence-corrected chi connectivity index (χ3v) is 3.24. The topological polar surface area (TPSA) is 51.4 Å². The van der Waals surface area contributed by atoms with Crippen LogP contribution >= 0.6 is 0 Å². The van der Waals surface area contributed by atoms with Gasteiger partial charge < -0.3 is 15.4 Å². The lowest BCUT2D eigenvalue weighted by atomic mass is 10.1. The van der Waals surface area contributed by atoms with Crippen molar-refractivity contribution in [2.75, 3.05) is 36.9 Å². The molecule has 2 aromatic rings. The molecule has 0 aliphatic carbocycles. The minimum Gasteiger partial charge on any atom is -0.396 e. The van der Waals surface area contributed by atoms with Gasteiger partial charge in [-0.1, -0.05) is 0 Å². The highest BCUT2D eigenvalue weighted by molar-refractivity contribution is 5.97. The lowest BCUT2D eigenvalue weighted by molar-refractivity contribution is 0.154. The summed E-state index contributed by atoms with van der Waals surface area (Å²) in [5, 5.41) is 1.01. The minimum absolute atomic E-state index is 0.717. The summed E-state index contributed by atoms with van der Waals surface area (Å²) >= 11 is 0. The average molecular weight is 259 g/mol. The molecule has 0 aliphatic rings. The summed E-state index contributed by atoms with van der Waals surface area (Å²) in [6.07, 6.45) is 1.79. The second kappa shape index (κ2) is 6.38. The van der Waals surface area contributed by atoms with Crippen LogP contribution in [0.1, 0.15) is 13.8 Å². The first-order chi connectivity index (χ1) is 9.27. The van der Waals surface area contributed by atoms with Crippen LogP contribution in [-0.4, -0.2) is 31.3 Å². The van der Waals surface area contributed by atoms with Crippen molar-refractivity contribution < 1.29 is 4.74 Å². The Bertz CT molecular complexity index is 542. The van der Waals surface area contributed by atoms with Crippen LogP contribution in [0.4, 0.5) is 11.4 Å². The summed E-state index contributed by atoms with van der Waals surface area (Å²) in [6, 6.07) is 7.99. The van der Waals surface area contributed by atoms with Crippen LogP contribution in [0, 0.1) is 0 Å². The third-order valence-electron chi connectivity index (χ3n) is 3.24. The zero-order chi connectivity index (χ0) is 13.7. The highest BCUT2D eigenvalue weighted by atomic mass is 16.5. The lowest BCUT2D eigenvalue weighted by Crippen LogP contribution is -2.28. The zero-order valence-corrected chi connectivity index (χ0v) is 11.6. The third kappa shape index (κ3) is 2.96. The van der Waals surface area contributed by atoms with E-state index in [-0.39, 0.29) is 0 Å². The fraction of sp³-hybridized carbons (Fsp3) is 0.400. The molecule has 0 saturated carbocycles. The van der Waals surface area contributed by atoms with Crippen molar-refractivity contribution in [1.29, 1.82) is 0 Å². The number of aromatic nitrogens is 1. The van der Waals surface area contributed by atoms with E-state index < -0.39 is 0 Å². The fourth-order valence-electron chi connectivity index (χ4n) is 2.21. The highest BCUT2D eigenvalue weighted by Crippen LogP contribution is 2.30. The maximum Gasteiger partial charge on any atom is 0.0724 e. The first-order valence-electron chi connectivity index (χ1n) is 6.73. The predicted octanol–water partition coefficient (Wildman–Crippen LogP) is 2.68. The Morgan fingerprint density at radius 1 is 1.26 bits per heavy atom. The quantitative estimate of drug-likeness (QED) is 0.640. The van der Waals surface area contributed by atoms with Gasteiger partial charge in [0.2, 0.25) is 0 Å². The Kier molecular flexibility index (Phi) is 4.58. The van der Waals surface area contributed by atoms with E-state index in [1.807, 2.05) is 31.2 Å². The van der Waals surface area contributed by atoms with E-state index in [1.165, 1.54) is 0 Å². The molecule has 0 aliphatic heterocycles. The maximum absolute atomic E-state index is 6.28. The summed E-state index contributed by atoms with van der Waals surface area (Å²) in [4.78, 5) is 6.55. The van der Waals surface area contributed by atoms with Crippen LogP contribution in [-0.2, 0) is 4.74 Å². The van der Waals surface area contributed by atoms with Crippen molar-refractivity contribution in [3.8, 4) is 0 Å². The standard InChI is InChI=1S/C15H21N3O/c1-3-18(10-11-19-4-2)14-8-7-13-12(15(14)16)6-5-9-17-13/h5-9H,3-4,10-11,16H2,1-2H3. The Morgan fingerprint density at radius 3 is 2.84 bits per heavy atom. The van der Waals surface area contributed by atoms with Crippen LogP contribution < -0.4 is 10.6 Å². The molecule has 4 nitrogen and oxygen atoms in total. The smallest absolute Gasteiger partial charge is 0.0724 e.